The average molecular weight is 425 g/mol. The fourth-order valence-electron chi connectivity index (χ4n) is 8.47. The van der Waals surface area contributed by atoms with Crippen molar-refractivity contribution in [1.82, 2.24) is 10.9 Å². The summed E-state index contributed by atoms with van der Waals surface area (Å²) >= 11 is 0. The normalized spacial score (nSPS) is 41.4. The Labute approximate surface area is 185 Å². The van der Waals surface area contributed by atoms with Gasteiger partial charge in [0.1, 0.15) is 0 Å². The van der Waals surface area contributed by atoms with E-state index in [1.807, 2.05) is 0 Å². The maximum Gasteiger partial charge on any atom is 0.240 e. The number of hydrogen-bond acceptors (Lipinski definition) is 4. The van der Waals surface area contributed by atoms with Gasteiger partial charge in [-0.1, -0.05) is 0 Å². The molecule has 31 heavy (non-hydrogen) atoms. The first-order valence-electron chi connectivity index (χ1n) is 12.8. The maximum atomic E-state index is 12.3. The van der Waals surface area contributed by atoms with Gasteiger partial charge < -0.3 is 0 Å². The first-order chi connectivity index (χ1) is 15.1. The first-order valence-corrected chi connectivity index (χ1v) is 12.8. The van der Waals surface area contributed by atoms with E-state index in [0.717, 1.165) is 23.7 Å². The van der Waals surface area contributed by atoms with Crippen molar-refractivity contribution in [3.63, 3.8) is 0 Å². The molecule has 0 saturated heterocycles. The van der Waals surface area contributed by atoms with Crippen LogP contribution in [-0.4, -0.2) is 23.2 Å². The van der Waals surface area contributed by atoms with E-state index >= 15 is 0 Å². The van der Waals surface area contributed by atoms with Gasteiger partial charge in [-0.05, 0) is 118 Å². The molecule has 8 aliphatic rings. The summed E-state index contributed by atoms with van der Waals surface area (Å²) in [6, 6.07) is 0. The Bertz CT molecular complexity index is 690. The number of hydrazone groups is 2. The van der Waals surface area contributed by atoms with Crippen LogP contribution in [0.3, 0.4) is 0 Å². The van der Waals surface area contributed by atoms with Crippen LogP contribution in [-0.2, 0) is 9.59 Å². The number of nitrogens with one attached hydrogen (secondary N) is 2. The highest BCUT2D eigenvalue weighted by atomic mass is 16.2. The van der Waals surface area contributed by atoms with Gasteiger partial charge in [0.25, 0.3) is 0 Å². The SMILES string of the molecule is O=C(CCCC(=O)NN=C1C2CC3CC(C2)CC1C3)NN=C1C2CC3CC(C2)CC1C3. The van der Waals surface area contributed by atoms with E-state index in [9.17, 15) is 9.59 Å². The molecular formula is C25H36N4O2. The fourth-order valence-corrected chi connectivity index (χ4v) is 8.47. The van der Waals surface area contributed by atoms with Crippen LogP contribution in [0.5, 0.6) is 0 Å². The molecule has 8 rings (SSSR count). The summed E-state index contributed by atoms with van der Waals surface area (Å²) in [7, 11) is 0. The Morgan fingerprint density at radius 3 is 1.23 bits per heavy atom. The van der Waals surface area contributed by atoms with Crippen LogP contribution in [0, 0.1) is 47.3 Å². The van der Waals surface area contributed by atoms with Gasteiger partial charge >= 0.3 is 0 Å². The molecule has 6 nitrogen and oxygen atoms in total. The van der Waals surface area contributed by atoms with Gasteiger partial charge in [-0.2, -0.15) is 10.2 Å². The largest absolute Gasteiger partial charge is 0.273 e. The van der Waals surface area contributed by atoms with E-state index < -0.39 is 0 Å². The second kappa shape index (κ2) is 8.00. The molecule has 8 fully saturated rings. The molecule has 6 heteroatoms. The summed E-state index contributed by atoms with van der Waals surface area (Å²) in [6.07, 6.45) is 14.2. The highest BCUT2D eigenvalue weighted by Crippen LogP contribution is 2.53. The van der Waals surface area contributed by atoms with Gasteiger partial charge in [-0.3, -0.25) is 9.59 Å². The minimum absolute atomic E-state index is 0.0681. The molecule has 2 amide bonds. The van der Waals surface area contributed by atoms with Gasteiger partial charge in [0.2, 0.25) is 11.8 Å². The van der Waals surface area contributed by atoms with Crippen molar-refractivity contribution >= 4 is 23.2 Å². The smallest absolute Gasteiger partial charge is 0.240 e. The lowest BCUT2D eigenvalue weighted by atomic mass is 9.55. The third kappa shape index (κ3) is 3.95. The van der Waals surface area contributed by atoms with E-state index in [-0.39, 0.29) is 11.8 Å². The predicted octanol–water partition coefficient (Wildman–Crippen LogP) is 4.01. The van der Waals surface area contributed by atoms with Crippen molar-refractivity contribution in [2.75, 3.05) is 0 Å². The highest BCUT2D eigenvalue weighted by Gasteiger charge is 2.47. The van der Waals surface area contributed by atoms with Crippen molar-refractivity contribution < 1.29 is 9.59 Å². The van der Waals surface area contributed by atoms with Crippen LogP contribution < -0.4 is 10.9 Å². The van der Waals surface area contributed by atoms with E-state index in [2.05, 4.69) is 21.1 Å². The van der Waals surface area contributed by atoms with E-state index in [1.54, 1.807) is 0 Å². The number of rotatable bonds is 6. The van der Waals surface area contributed by atoms with E-state index in [1.165, 1.54) is 75.6 Å². The molecular weight excluding hydrogens is 388 g/mol. The van der Waals surface area contributed by atoms with Gasteiger partial charge in [0.05, 0.1) is 0 Å². The summed E-state index contributed by atoms with van der Waals surface area (Å²) in [4.78, 5) is 24.5. The lowest BCUT2D eigenvalue weighted by molar-refractivity contribution is -0.122. The summed E-state index contributed by atoms with van der Waals surface area (Å²) in [5, 5.41) is 9.11. The monoisotopic (exact) mass is 424 g/mol. The Morgan fingerprint density at radius 1 is 0.581 bits per heavy atom. The summed E-state index contributed by atoms with van der Waals surface area (Å²) in [5.41, 5.74) is 8.09. The molecule has 0 atom stereocenters. The highest BCUT2D eigenvalue weighted by molar-refractivity contribution is 5.92. The molecule has 0 heterocycles. The standard InChI is InChI=1S/C25H36N4O2/c30-22(26-28-24-18-6-14-4-15(8-18)9-19(24)7-14)2-1-3-23(31)27-29-25-20-10-16-5-17(12-20)13-21(25)11-16/h14-21H,1-13H2,(H,26,30)(H,27,31). The minimum atomic E-state index is -0.0681. The fraction of sp³-hybridized carbons (Fsp3) is 0.840. The van der Waals surface area contributed by atoms with Crippen LogP contribution in [0.1, 0.15) is 83.5 Å². The zero-order valence-corrected chi connectivity index (χ0v) is 18.5. The van der Waals surface area contributed by atoms with Crippen molar-refractivity contribution in [2.24, 2.45) is 57.5 Å². The van der Waals surface area contributed by atoms with Crippen LogP contribution in [0.2, 0.25) is 0 Å². The van der Waals surface area contributed by atoms with E-state index in [0.29, 0.717) is 42.9 Å². The maximum absolute atomic E-state index is 12.3. The zero-order valence-electron chi connectivity index (χ0n) is 18.5. The van der Waals surface area contributed by atoms with Crippen LogP contribution >= 0.6 is 0 Å². The van der Waals surface area contributed by atoms with Crippen molar-refractivity contribution in [3.8, 4) is 0 Å². The van der Waals surface area contributed by atoms with Crippen molar-refractivity contribution in [2.45, 2.75) is 83.5 Å². The molecule has 0 aromatic rings. The number of carbonyl (C=O) groups excluding carboxylic acids is 2. The topological polar surface area (TPSA) is 82.9 Å². The first kappa shape index (κ1) is 19.9. The van der Waals surface area contributed by atoms with E-state index in [4.69, 9.17) is 0 Å². The number of amides is 2. The lowest BCUT2D eigenvalue weighted by Gasteiger charge is -2.50. The zero-order chi connectivity index (χ0) is 20.9. The quantitative estimate of drug-likeness (QED) is 0.632. The molecule has 0 aromatic carbocycles. The molecule has 8 aliphatic carbocycles. The summed E-state index contributed by atoms with van der Waals surface area (Å²) in [6.45, 7) is 0. The van der Waals surface area contributed by atoms with Gasteiger partial charge in [-0.25, -0.2) is 10.9 Å². The number of carbonyl (C=O) groups is 2. The minimum Gasteiger partial charge on any atom is -0.273 e. The third-order valence-corrected chi connectivity index (χ3v) is 9.38. The van der Waals surface area contributed by atoms with Crippen molar-refractivity contribution in [1.29, 1.82) is 0 Å². The third-order valence-electron chi connectivity index (χ3n) is 9.38. The lowest BCUT2D eigenvalue weighted by Crippen LogP contribution is -2.46. The molecule has 0 aliphatic heterocycles. The van der Waals surface area contributed by atoms with Gasteiger partial charge in [-0.15, -0.1) is 0 Å². The second-order valence-corrected chi connectivity index (χ2v) is 11.6. The van der Waals surface area contributed by atoms with Crippen molar-refractivity contribution in [3.05, 3.63) is 0 Å². The molecule has 8 bridgehead atoms. The average Bonchev–Trinajstić information content (AvgIpc) is 2.72. The molecule has 0 spiro atoms. The number of nitrogens with zero attached hydrogens (tertiary/aromatic N) is 2. The predicted molar refractivity (Wildman–Crippen MR) is 119 cm³/mol. The summed E-state index contributed by atoms with van der Waals surface area (Å²) in [5.74, 6) is 5.88. The van der Waals surface area contributed by atoms with Crippen LogP contribution in [0.25, 0.3) is 0 Å². The Hall–Kier alpha value is -1.72. The van der Waals surface area contributed by atoms with Crippen LogP contribution in [0.4, 0.5) is 0 Å². The Balaban J connectivity index is 0.937. The second-order valence-electron chi connectivity index (χ2n) is 11.6. The molecule has 168 valence electrons. The van der Waals surface area contributed by atoms with Gasteiger partial charge in [0, 0.05) is 24.3 Å². The molecule has 0 radical (unpaired) electrons. The molecule has 0 unspecified atom stereocenters. The summed E-state index contributed by atoms with van der Waals surface area (Å²) < 4.78 is 0. The molecule has 0 aromatic heterocycles. The Morgan fingerprint density at radius 2 is 0.903 bits per heavy atom. The Kier molecular flexibility index (Phi) is 5.14. The number of hydrogen-bond donors (Lipinski definition) is 2. The van der Waals surface area contributed by atoms with Crippen LogP contribution in [0.15, 0.2) is 10.2 Å². The molecule has 8 saturated carbocycles. The van der Waals surface area contributed by atoms with Gasteiger partial charge in [0.15, 0.2) is 0 Å². The molecule has 2 N–H and O–H groups in total.